The number of nitrogen functional groups attached to an aromatic ring is 1. The maximum atomic E-state index is 6.09. The van der Waals surface area contributed by atoms with Crippen molar-refractivity contribution in [2.45, 2.75) is 52.4 Å². The van der Waals surface area contributed by atoms with E-state index in [1.807, 2.05) is 6.07 Å². The van der Waals surface area contributed by atoms with Gasteiger partial charge in [0.25, 0.3) is 0 Å². The molecule has 1 aromatic rings. The molecular weight excluding hydrogens is 262 g/mol. The van der Waals surface area contributed by atoms with Crippen molar-refractivity contribution in [2.75, 3.05) is 5.73 Å². The van der Waals surface area contributed by atoms with E-state index in [2.05, 4.69) is 63.5 Å². The Balaban J connectivity index is 3.45. The average Bonchev–Trinajstić information content (AvgIpc) is 1.97. The van der Waals surface area contributed by atoms with Gasteiger partial charge in [0.1, 0.15) is 0 Å². The third-order valence-electron chi connectivity index (χ3n) is 2.76. The first-order chi connectivity index (χ1) is 7.03. The van der Waals surface area contributed by atoms with Gasteiger partial charge >= 0.3 is 0 Å². The van der Waals surface area contributed by atoms with Gasteiger partial charge in [-0.05, 0) is 28.0 Å². The van der Waals surface area contributed by atoms with Gasteiger partial charge in [0.2, 0.25) is 0 Å². The third kappa shape index (κ3) is 2.79. The number of hydrogen-bond acceptors (Lipinski definition) is 1. The van der Waals surface area contributed by atoms with Gasteiger partial charge < -0.3 is 5.73 Å². The Hall–Kier alpha value is -0.500. The molecule has 0 aliphatic heterocycles. The normalized spacial score (nSPS) is 12.9. The molecule has 0 aliphatic carbocycles. The standard InChI is InChI=1S/C14H22BrN/c1-13(2,3)9-7-10(14(4,5)6)12(16)8-11(9)15/h7-8H,16H2,1-6H3. The summed E-state index contributed by atoms with van der Waals surface area (Å²) in [5, 5.41) is 0. The predicted octanol–water partition coefficient (Wildman–Crippen LogP) is 4.63. The fourth-order valence-corrected chi connectivity index (χ4v) is 2.77. The lowest BCUT2D eigenvalue weighted by molar-refractivity contribution is 0.568. The molecule has 0 saturated carbocycles. The molecule has 0 radical (unpaired) electrons. The monoisotopic (exact) mass is 283 g/mol. The van der Waals surface area contributed by atoms with Crippen molar-refractivity contribution in [3.63, 3.8) is 0 Å². The lowest BCUT2D eigenvalue weighted by Crippen LogP contribution is -2.18. The first kappa shape index (κ1) is 13.6. The van der Waals surface area contributed by atoms with Crippen molar-refractivity contribution in [1.82, 2.24) is 0 Å². The minimum Gasteiger partial charge on any atom is -0.398 e. The highest BCUT2D eigenvalue weighted by atomic mass is 79.9. The molecule has 2 N–H and O–H groups in total. The molecule has 0 aliphatic rings. The van der Waals surface area contributed by atoms with Gasteiger partial charge in [-0.1, -0.05) is 63.5 Å². The molecule has 1 nitrogen and oxygen atoms in total. The summed E-state index contributed by atoms with van der Waals surface area (Å²) in [4.78, 5) is 0. The highest BCUT2D eigenvalue weighted by Crippen LogP contribution is 2.37. The summed E-state index contributed by atoms with van der Waals surface area (Å²) < 4.78 is 1.10. The summed E-state index contributed by atoms with van der Waals surface area (Å²) >= 11 is 3.60. The minimum atomic E-state index is 0.0881. The van der Waals surface area contributed by atoms with Crippen LogP contribution in [0.2, 0.25) is 0 Å². The molecule has 2 heteroatoms. The summed E-state index contributed by atoms with van der Waals surface area (Å²) in [7, 11) is 0. The lowest BCUT2D eigenvalue weighted by Gasteiger charge is -2.27. The SMILES string of the molecule is CC(C)(C)c1cc(C(C)(C)C)c(Br)cc1N. The van der Waals surface area contributed by atoms with Crippen LogP contribution in [0.15, 0.2) is 16.6 Å². The zero-order chi connectivity index (χ0) is 12.7. The molecule has 0 heterocycles. The van der Waals surface area contributed by atoms with Crippen LogP contribution >= 0.6 is 15.9 Å². The van der Waals surface area contributed by atoms with Gasteiger partial charge in [-0.3, -0.25) is 0 Å². The number of halogens is 1. The van der Waals surface area contributed by atoms with Crippen molar-refractivity contribution in [2.24, 2.45) is 0 Å². The fraction of sp³-hybridized carbons (Fsp3) is 0.571. The summed E-state index contributed by atoms with van der Waals surface area (Å²) in [5.74, 6) is 0. The van der Waals surface area contributed by atoms with E-state index >= 15 is 0 Å². The largest absolute Gasteiger partial charge is 0.398 e. The van der Waals surface area contributed by atoms with Crippen LogP contribution in [0.4, 0.5) is 5.69 Å². The van der Waals surface area contributed by atoms with Crippen molar-refractivity contribution in [3.8, 4) is 0 Å². The van der Waals surface area contributed by atoms with Crippen LogP contribution < -0.4 is 5.73 Å². The van der Waals surface area contributed by atoms with Gasteiger partial charge in [-0.2, -0.15) is 0 Å². The van der Waals surface area contributed by atoms with E-state index in [-0.39, 0.29) is 10.8 Å². The second-order valence-electron chi connectivity index (χ2n) is 6.42. The highest BCUT2D eigenvalue weighted by molar-refractivity contribution is 9.10. The van der Waals surface area contributed by atoms with E-state index in [1.54, 1.807) is 0 Å². The van der Waals surface area contributed by atoms with Crippen molar-refractivity contribution in [1.29, 1.82) is 0 Å². The average molecular weight is 284 g/mol. The zero-order valence-corrected chi connectivity index (χ0v) is 12.7. The smallest absolute Gasteiger partial charge is 0.0363 e. The molecule has 1 aromatic carbocycles. The van der Waals surface area contributed by atoms with Crippen LogP contribution in [0.3, 0.4) is 0 Å². The third-order valence-corrected chi connectivity index (χ3v) is 3.41. The molecular formula is C14H22BrN. The Bertz CT molecular complexity index is 359. The lowest BCUT2D eigenvalue weighted by atomic mass is 9.80. The number of benzene rings is 1. The van der Waals surface area contributed by atoms with Crippen molar-refractivity contribution < 1.29 is 0 Å². The minimum absolute atomic E-state index is 0.0881. The Morgan fingerprint density at radius 1 is 0.875 bits per heavy atom. The van der Waals surface area contributed by atoms with Crippen LogP contribution in [0.5, 0.6) is 0 Å². The van der Waals surface area contributed by atoms with E-state index in [4.69, 9.17) is 5.73 Å². The highest BCUT2D eigenvalue weighted by Gasteiger charge is 2.23. The van der Waals surface area contributed by atoms with Crippen LogP contribution in [0, 0.1) is 0 Å². The molecule has 0 saturated heterocycles. The number of anilines is 1. The maximum Gasteiger partial charge on any atom is 0.0363 e. The first-order valence-corrected chi connectivity index (χ1v) is 6.43. The summed E-state index contributed by atoms with van der Waals surface area (Å²) in [6.07, 6.45) is 0. The van der Waals surface area contributed by atoms with Crippen LogP contribution in [0.1, 0.15) is 52.7 Å². The maximum absolute atomic E-state index is 6.09. The Morgan fingerprint density at radius 3 is 1.69 bits per heavy atom. The van der Waals surface area contributed by atoms with Gasteiger partial charge in [0, 0.05) is 10.2 Å². The molecule has 16 heavy (non-hydrogen) atoms. The zero-order valence-electron chi connectivity index (χ0n) is 11.1. The van der Waals surface area contributed by atoms with E-state index < -0.39 is 0 Å². The molecule has 1 rings (SSSR count). The molecule has 0 aromatic heterocycles. The fourth-order valence-electron chi connectivity index (χ4n) is 1.81. The number of rotatable bonds is 0. The molecule has 0 unspecified atom stereocenters. The Labute approximate surface area is 108 Å². The van der Waals surface area contributed by atoms with E-state index in [0.29, 0.717) is 0 Å². The molecule has 0 bridgehead atoms. The van der Waals surface area contributed by atoms with Crippen LogP contribution in [0.25, 0.3) is 0 Å². The van der Waals surface area contributed by atoms with Gasteiger partial charge in [-0.15, -0.1) is 0 Å². The van der Waals surface area contributed by atoms with E-state index in [1.165, 1.54) is 11.1 Å². The van der Waals surface area contributed by atoms with Gasteiger partial charge in [0.05, 0.1) is 0 Å². The molecule has 0 amide bonds. The van der Waals surface area contributed by atoms with Crippen molar-refractivity contribution >= 4 is 21.6 Å². The predicted molar refractivity (Wildman–Crippen MR) is 76.0 cm³/mol. The topological polar surface area (TPSA) is 26.0 Å². The molecule has 90 valence electrons. The van der Waals surface area contributed by atoms with E-state index in [0.717, 1.165) is 10.2 Å². The van der Waals surface area contributed by atoms with Crippen LogP contribution in [-0.4, -0.2) is 0 Å². The summed E-state index contributed by atoms with van der Waals surface area (Å²) in [5.41, 5.74) is 9.71. The quantitative estimate of drug-likeness (QED) is 0.691. The second kappa shape index (κ2) is 4.06. The Kier molecular flexibility index (Phi) is 3.45. The molecule has 0 spiro atoms. The molecule has 0 atom stereocenters. The van der Waals surface area contributed by atoms with Gasteiger partial charge in [-0.25, -0.2) is 0 Å². The van der Waals surface area contributed by atoms with Gasteiger partial charge in [0.15, 0.2) is 0 Å². The van der Waals surface area contributed by atoms with Crippen LogP contribution in [-0.2, 0) is 10.8 Å². The second-order valence-corrected chi connectivity index (χ2v) is 7.27. The number of hydrogen-bond donors (Lipinski definition) is 1. The summed E-state index contributed by atoms with van der Waals surface area (Å²) in [6.45, 7) is 13.2. The molecule has 0 fully saturated rings. The number of nitrogens with two attached hydrogens (primary N) is 1. The van der Waals surface area contributed by atoms with E-state index in [9.17, 15) is 0 Å². The first-order valence-electron chi connectivity index (χ1n) is 5.63. The van der Waals surface area contributed by atoms with Crippen molar-refractivity contribution in [3.05, 3.63) is 27.7 Å². The Morgan fingerprint density at radius 2 is 1.31 bits per heavy atom. The summed E-state index contributed by atoms with van der Waals surface area (Å²) in [6, 6.07) is 4.26.